The molecular formula is C17H20N2O2. The van der Waals surface area contributed by atoms with E-state index in [0.29, 0.717) is 6.42 Å². The quantitative estimate of drug-likeness (QED) is 0.801. The number of pyridine rings is 1. The number of nitrogens with zero attached hydrogens (tertiary/aromatic N) is 1. The van der Waals surface area contributed by atoms with Gasteiger partial charge >= 0.3 is 0 Å². The predicted octanol–water partition coefficient (Wildman–Crippen LogP) is 2.53. The lowest BCUT2D eigenvalue weighted by Gasteiger charge is -2.13. The minimum absolute atomic E-state index is 0.0151. The van der Waals surface area contributed by atoms with Crippen molar-refractivity contribution in [1.82, 2.24) is 10.3 Å². The van der Waals surface area contributed by atoms with Gasteiger partial charge in [0.2, 0.25) is 5.91 Å². The van der Waals surface area contributed by atoms with Crippen molar-refractivity contribution in [2.45, 2.75) is 25.8 Å². The Hall–Kier alpha value is -2.20. The van der Waals surface area contributed by atoms with E-state index in [4.69, 9.17) is 5.11 Å². The monoisotopic (exact) mass is 284 g/mol. The van der Waals surface area contributed by atoms with Gasteiger partial charge in [-0.25, -0.2) is 0 Å². The summed E-state index contributed by atoms with van der Waals surface area (Å²) in [6.45, 7) is 2.07. The lowest BCUT2D eigenvalue weighted by atomic mass is 10.1. The van der Waals surface area contributed by atoms with E-state index < -0.39 is 0 Å². The molecule has 1 atom stereocenters. The Morgan fingerprint density at radius 1 is 1.38 bits per heavy atom. The summed E-state index contributed by atoms with van der Waals surface area (Å²) in [5, 5.41) is 12.8. The third kappa shape index (κ3) is 4.13. The number of hydrogen-bond acceptors (Lipinski definition) is 3. The van der Waals surface area contributed by atoms with E-state index in [1.807, 2.05) is 37.3 Å². The summed E-state index contributed by atoms with van der Waals surface area (Å²) < 4.78 is 0. The number of aromatic nitrogens is 1. The molecule has 0 aliphatic carbocycles. The van der Waals surface area contributed by atoms with E-state index in [-0.39, 0.29) is 18.6 Å². The highest BCUT2D eigenvalue weighted by molar-refractivity contribution is 5.95. The van der Waals surface area contributed by atoms with Crippen LogP contribution in [0, 0.1) is 0 Å². The van der Waals surface area contributed by atoms with E-state index in [1.54, 1.807) is 12.3 Å². The molecule has 1 heterocycles. The van der Waals surface area contributed by atoms with Crippen LogP contribution in [0.25, 0.3) is 17.0 Å². The zero-order chi connectivity index (χ0) is 15.1. The molecule has 0 radical (unpaired) electrons. The van der Waals surface area contributed by atoms with E-state index in [1.165, 1.54) is 6.08 Å². The molecule has 1 aromatic carbocycles. The summed E-state index contributed by atoms with van der Waals surface area (Å²) in [4.78, 5) is 16.2. The van der Waals surface area contributed by atoms with Gasteiger partial charge in [-0.3, -0.25) is 9.78 Å². The van der Waals surface area contributed by atoms with Gasteiger partial charge in [-0.05, 0) is 36.6 Å². The summed E-state index contributed by atoms with van der Waals surface area (Å²) in [5.41, 5.74) is 1.87. The molecule has 0 spiro atoms. The number of amides is 1. The maximum absolute atomic E-state index is 11.9. The molecule has 1 aromatic heterocycles. The van der Waals surface area contributed by atoms with Gasteiger partial charge in [0.25, 0.3) is 0 Å². The lowest BCUT2D eigenvalue weighted by molar-refractivity contribution is -0.117. The second kappa shape index (κ2) is 7.55. The van der Waals surface area contributed by atoms with Crippen LogP contribution >= 0.6 is 0 Å². The number of hydrogen-bond donors (Lipinski definition) is 2. The summed E-state index contributed by atoms with van der Waals surface area (Å²) in [5.74, 6) is -0.142. The molecule has 4 nitrogen and oxygen atoms in total. The van der Waals surface area contributed by atoms with Crippen LogP contribution in [0.4, 0.5) is 0 Å². The number of carbonyl (C=O) groups is 1. The van der Waals surface area contributed by atoms with E-state index in [9.17, 15) is 4.79 Å². The Kier molecular flexibility index (Phi) is 5.46. The molecule has 21 heavy (non-hydrogen) atoms. The van der Waals surface area contributed by atoms with Gasteiger partial charge in [-0.1, -0.05) is 25.1 Å². The molecule has 0 bridgehead atoms. The van der Waals surface area contributed by atoms with Crippen molar-refractivity contribution in [3.63, 3.8) is 0 Å². The summed E-state index contributed by atoms with van der Waals surface area (Å²) in [6, 6.07) is 9.73. The van der Waals surface area contributed by atoms with Crippen LogP contribution in [-0.4, -0.2) is 28.6 Å². The smallest absolute Gasteiger partial charge is 0.244 e. The largest absolute Gasteiger partial charge is 0.396 e. The fourth-order valence-electron chi connectivity index (χ4n) is 2.21. The number of benzene rings is 1. The Labute approximate surface area is 124 Å². The summed E-state index contributed by atoms with van der Waals surface area (Å²) in [7, 11) is 0. The van der Waals surface area contributed by atoms with Crippen molar-refractivity contribution in [3.05, 3.63) is 48.2 Å². The van der Waals surface area contributed by atoms with Crippen LogP contribution in [-0.2, 0) is 4.79 Å². The molecule has 0 fully saturated rings. The normalized spacial score (nSPS) is 12.7. The van der Waals surface area contributed by atoms with Crippen LogP contribution < -0.4 is 5.32 Å². The van der Waals surface area contributed by atoms with Gasteiger partial charge in [0.15, 0.2) is 0 Å². The van der Waals surface area contributed by atoms with Crippen molar-refractivity contribution in [2.75, 3.05) is 6.61 Å². The SMILES string of the molecule is CCC(CCO)NC(=O)/C=C/c1ccnc2ccccc12. The zero-order valence-corrected chi connectivity index (χ0v) is 12.1. The molecular weight excluding hydrogens is 264 g/mol. The van der Waals surface area contributed by atoms with Crippen LogP contribution in [0.3, 0.4) is 0 Å². The van der Waals surface area contributed by atoms with E-state index in [0.717, 1.165) is 22.9 Å². The second-order valence-corrected chi connectivity index (χ2v) is 4.88. The number of aliphatic hydroxyl groups is 1. The highest BCUT2D eigenvalue weighted by atomic mass is 16.3. The summed E-state index contributed by atoms with van der Waals surface area (Å²) in [6.07, 6.45) is 6.44. The van der Waals surface area contributed by atoms with Crippen LogP contribution in [0.1, 0.15) is 25.3 Å². The second-order valence-electron chi connectivity index (χ2n) is 4.88. The van der Waals surface area contributed by atoms with Gasteiger partial charge in [0.1, 0.15) is 0 Å². The van der Waals surface area contributed by atoms with Crippen molar-refractivity contribution >= 4 is 22.9 Å². The third-order valence-electron chi connectivity index (χ3n) is 3.41. The molecule has 0 aliphatic rings. The molecule has 0 saturated heterocycles. The number of aliphatic hydroxyl groups excluding tert-OH is 1. The zero-order valence-electron chi connectivity index (χ0n) is 12.1. The van der Waals surface area contributed by atoms with Crippen LogP contribution in [0.2, 0.25) is 0 Å². The maximum atomic E-state index is 11.9. The first kappa shape index (κ1) is 15.2. The van der Waals surface area contributed by atoms with Gasteiger partial charge in [0.05, 0.1) is 5.52 Å². The van der Waals surface area contributed by atoms with Crippen molar-refractivity contribution in [1.29, 1.82) is 0 Å². The first-order valence-electron chi connectivity index (χ1n) is 7.17. The molecule has 0 aliphatic heterocycles. The summed E-state index contributed by atoms with van der Waals surface area (Å²) >= 11 is 0. The highest BCUT2D eigenvalue weighted by Gasteiger charge is 2.07. The average Bonchev–Trinajstić information content (AvgIpc) is 2.52. The van der Waals surface area contributed by atoms with E-state index >= 15 is 0 Å². The van der Waals surface area contributed by atoms with Gasteiger partial charge in [0, 0.05) is 30.3 Å². The van der Waals surface area contributed by atoms with Crippen molar-refractivity contribution in [3.8, 4) is 0 Å². The minimum atomic E-state index is -0.142. The van der Waals surface area contributed by atoms with Gasteiger partial charge in [-0.2, -0.15) is 0 Å². The molecule has 110 valence electrons. The van der Waals surface area contributed by atoms with Gasteiger partial charge in [-0.15, -0.1) is 0 Å². The molecule has 1 unspecified atom stereocenters. The number of para-hydroxylation sites is 1. The number of carbonyl (C=O) groups excluding carboxylic acids is 1. The molecule has 2 N–H and O–H groups in total. The number of nitrogens with one attached hydrogen (secondary N) is 1. The number of fused-ring (bicyclic) bond motifs is 1. The minimum Gasteiger partial charge on any atom is -0.396 e. The molecule has 4 heteroatoms. The molecule has 1 amide bonds. The first-order chi connectivity index (χ1) is 10.2. The maximum Gasteiger partial charge on any atom is 0.244 e. The van der Waals surface area contributed by atoms with Crippen molar-refractivity contribution in [2.24, 2.45) is 0 Å². The first-order valence-corrected chi connectivity index (χ1v) is 7.17. The van der Waals surface area contributed by atoms with E-state index in [2.05, 4.69) is 10.3 Å². The number of rotatable bonds is 6. The lowest BCUT2D eigenvalue weighted by Crippen LogP contribution is -2.33. The average molecular weight is 284 g/mol. The fourth-order valence-corrected chi connectivity index (χ4v) is 2.21. The van der Waals surface area contributed by atoms with Crippen LogP contribution in [0.5, 0.6) is 0 Å². The fraction of sp³-hybridized carbons (Fsp3) is 0.294. The Morgan fingerprint density at radius 3 is 2.95 bits per heavy atom. The van der Waals surface area contributed by atoms with Gasteiger partial charge < -0.3 is 10.4 Å². The Balaban J connectivity index is 2.10. The van der Waals surface area contributed by atoms with Crippen LogP contribution in [0.15, 0.2) is 42.6 Å². The third-order valence-corrected chi connectivity index (χ3v) is 3.41. The molecule has 0 saturated carbocycles. The topological polar surface area (TPSA) is 62.2 Å². The Bertz CT molecular complexity index is 632. The highest BCUT2D eigenvalue weighted by Crippen LogP contribution is 2.17. The van der Waals surface area contributed by atoms with Crippen molar-refractivity contribution < 1.29 is 9.90 Å². The molecule has 2 aromatic rings. The molecule has 2 rings (SSSR count). The predicted molar refractivity (Wildman–Crippen MR) is 84.7 cm³/mol. The Morgan fingerprint density at radius 2 is 2.19 bits per heavy atom. The standard InChI is InChI=1S/C17H20N2O2/c1-2-14(10-12-20)19-17(21)8-7-13-9-11-18-16-6-4-3-5-15(13)16/h3-9,11,14,20H,2,10,12H2,1H3,(H,19,21)/b8-7+.